The molecule has 0 bridgehead atoms. The summed E-state index contributed by atoms with van der Waals surface area (Å²) in [5.74, 6) is 0.735. The van der Waals surface area contributed by atoms with Gasteiger partial charge in [0.1, 0.15) is 5.75 Å². The van der Waals surface area contributed by atoms with Gasteiger partial charge in [-0.1, -0.05) is 12.1 Å². The third-order valence-electron chi connectivity index (χ3n) is 2.87. The van der Waals surface area contributed by atoms with E-state index in [1.807, 2.05) is 30.3 Å². The summed E-state index contributed by atoms with van der Waals surface area (Å²) in [6.45, 7) is 0. The van der Waals surface area contributed by atoms with Crippen molar-refractivity contribution in [2.75, 3.05) is 23.9 Å². The summed E-state index contributed by atoms with van der Waals surface area (Å²) in [5, 5.41) is 2.87. The minimum atomic E-state index is -0.135. The molecule has 0 aliphatic rings. The predicted octanol–water partition coefficient (Wildman–Crippen LogP) is 5.30. The molecule has 0 aliphatic heterocycles. The number of rotatable bonds is 5. The third kappa shape index (κ3) is 4.65. The van der Waals surface area contributed by atoms with E-state index in [0.717, 1.165) is 13.8 Å². The fraction of sp³-hybridized carbons (Fsp3) is 0.133. The number of ether oxygens (including phenoxy) is 1. The maximum Gasteiger partial charge on any atom is 0.234 e. The average Bonchev–Trinajstić information content (AvgIpc) is 2.51. The zero-order valence-electron chi connectivity index (χ0n) is 12.0. The highest BCUT2D eigenvalue weighted by Gasteiger charge is 2.17. The van der Waals surface area contributed by atoms with E-state index < -0.39 is 0 Å². The van der Waals surface area contributed by atoms with Crippen LogP contribution in [0.15, 0.2) is 48.6 Å². The number of thioether (sulfide) groups is 1. The van der Waals surface area contributed by atoms with Crippen LogP contribution in [-0.2, 0) is 4.79 Å². The lowest BCUT2D eigenvalue weighted by Gasteiger charge is -2.14. The number of carbonyl (C=O) groups is 1. The molecule has 0 spiro atoms. The summed E-state index contributed by atoms with van der Waals surface area (Å²) in [6.07, 6.45) is 0. The zero-order chi connectivity index (χ0) is 17.0. The number of nitrogens with one attached hydrogen (secondary N) is 1. The Morgan fingerprint density at radius 2 is 1.96 bits per heavy atom. The highest BCUT2D eigenvalue weighted by molar-refractivity contribution is 9.11. The van der Waals surface area contributed by atoms with Gasteiger partial charge in [0, 0.05) is 15.1 Å². The second-order valence-corrected chi connectivity index (χ2v) is 7.96. The largest absolute Gasteiger partial charge is 0.494 e. The van der Waals surface area contributed by atoms with Crippen LogP contribution in [0.1, 0.15) is 0 Å². The van der Waals surface area contributed by atoms with Gasteiger partial charge in [-0.2, -0.15) is 0 Å². The Balaban J connectivity index is 2.10. The minimum Gasteiger partial charge on any atom is -0.494 e. The molecule has 0 heterocycles. The smallest absolute Gasteiger partial charge is 0.234 e. The Hall–Kier alpha value is -0.700. The monoisotopic (exact) mass is 522 g/mol. The first-order valence-electron chi connectivity index (χ1n) is 6.42. The molecule has 23 heavy (non-hydrogen) atoms. The van der Waals surface area contributed by atoms with Crippen LogP contribution in [0.25, 0.3) is 0 Å². The number of benzene rings is 2. The molecule has 0 atom stereocenters. The van der Waals surface area contributed by atoms with Crippen LogP contribution in [0.3, 0.4) is 0 Å². The van der Waals surface area contributed by atoms with E-state index >= 15 is 0 Å². The first-order valence-corrected chi connectivity index (χ1v) is 9.79. The van der Waals surface area contributed by atoms with Crippen LogP contribution < -0.4 is 15.8 Å². The molecule has 0 aliphatic carbocycles. The lowest BCUT2D eigenvalue weighted by molar-refractivity contribution is -0.113. The maximum atomic E-state index is 12.2. The van der Waals surface area contributed by atoms with Crippen LogP contribution in [0.2, 0.25) is 0 Å². The average molecular weight is 525 g/mol. The summed E-state index contributed by atoms with van der Waals surface area (Å²) < 4.78 is 7.50. The Bertz CT molecular complexity index is 741. The molecule has 0 saturated carbocycles. The van der Waals surface area contributed by atoms with E-state index in [1.54, 1.807) is 7.11 Å². The molecule has 8 heteroatoms. The summed E-state index contributed by atoms with van der Waals surface area (Å²) in [4.78, 5) is 13.1. The molecule has 0 fully saturated rings. The van der Waals surface area contributed by atoms with Gasteiger partial charge in [0.25, 0.3) is 0 Å². The second-order valence-electron chi connectivity index (χ2n) is 4.44. The van der Waals surface area contributed by atoms with Crippen molar-refractivity contribution >= 4 is 76.8 Å². The van der Waals surface area contributed by atoms with Crippen LogP contribution >= 0.6 is 59.6 Å². The van der Waals surface area contributed by atoms with Crippen molar-refractivity contribution in [1.29, 1.82) is 0 Å². The van der Waals surface area contributed by atoms with Crippen molar-refractivity contribution in [3.05, 3.63) is 43.7 Å². The molecular formula is C15H13Br3N2O2S. The molecule has 2 aromatic carbocycles. The number of hydrogen-bond donors (Lipinski definition) is 2. The molecule has 1 amide bonds. The van der Waals surface area contributed by atoms with Crippen LogP contribution in [0, 0.1) is 0 Å². The number of anilines is 2. The highest BCUT2D eigenvalue weighted by Crippen LogP contribution is 2.43. The van der Waals surface area contributed by atoms with Gasteiger partial charge >= 0.3 is 0 Å². The standard InChI is InChI=1S/C15H13Br3N2O2S/c1-22-15-9(17)6-8(16)14(13(15)18)20-12(21)7-23-11-5-3-2-4-10(11)19/h2-6H,7,19H2,1H3,(H,20,21). The highest BCUT2D eigenvalue weighted by atomic mass is 79.9. The van der Waals surface area contributed by atoms with Gasteiger partial charge in [0.15, 0.2) is 0 Å². The molecule has 0 aromatic heterocycles. The maximum absolute atomic E-state index is 12.2. The van der Waals surface area contributed by atoms with Gasteiger partial charge in [-0.15, -0.1) is 11.8 Å². The first-order chi connectivity index (χ1) is 10.9. The third-order valence-corrected chi connectivity index (χ3v) is 5.93. The van der Waals surface area contributed by atoms with Crippen molar-refractivity contribution in [1.82, 2.24) is 0 Å². The van der Waals surface area contributed by atoms with Gasteiger partial charge in [0.2, 0.25) is 5.91 Å². The first kappa shape index (κ1) is 18.6. The molecule has 3 N–H and O–H groups in total. The quantitative estimate of drug-likeness (QED) is 0.412. The van der Waals surface area contributed by atoms with Crippen molar-refractivity contribution in [2.24, 2.45) is 0 Å². The van der Waals surface area contributed by atoms with Crippen molar-refractivity contribution in [3.63, 3.8) is 0 Å². The molecule has 2 aromatic rings. The van der Waals surface area contributed by atoms with E-state index in [9.17, 15) is 4.79 Å². The van der Waals surface area contributed by atoms with Crippen molar-refractivity contribution < 1.29 is 9.53 Å². The minimum absolute atomic E-state index is 0.135. The Labute approximate surface area is 163 Å². The Morgan fingerprint density at radius 3 is 2.61 bits per heavy atom. The van der Waals surface area contributed by atoms with Gasteiger partial charge in [-0.3, -0.25) is 4.79 Å². The summed E-state index contributed by atoms with van der Waals surface area (Å²) in [7, 11) is 1.57. The topological polar surface area (TPSA) is 64.3 Å². The second kappa shape index (κ2) is 8.41. The number of nitrogens with two attached hydrogens (primary N) is 1. The number of methoxy groups -OCH3 is 1. The van der Waals surface area contributed by atoms with Crippen molar-refractivity contribution in [2.45, 2.75) is 4.90 Å². The van der Waals surface area contributed by atoms with E-state index in [4.69, 9.17) is 10.5 Å². The lowest BCUT2D eigenvalue weighted by Crippen LogP contribution is -2.15. The lowest BCUT2D eigenvalue weighted by atomic mass is 10.3. The van der Waals surface area contributed by atoms with Crippen molar-refractivity contribution in [3.8, 4) is 5.75 Å². The summed E-state index contributed by atoms with van der Waals surface area (Å²) in [5.41, 5.74) is 7.16. The van der Waals surface area contributed by atoms with Gasteiger partial charge in [-0.05, 0) is 66.0 Å². The summed E-state index contributed by atoms with van der Waals surface area (Å²) in [6, 6.07) is 9.28. The summed E-state index contributed by atoms with van der Waals surface area (Å²) >= 11 is 11.7. The van der Waals surface area contributed by atoms with Crippen LogP contribution in [0.4, 0.5) is 11.4 Å². The molecule has 0 unspecified atom stereocenters. The molecule has 2 rings (SSSR count). The van der Waals surface area contributed by atoms with E-state index in [2.05, 4.69) is 53.1 Å². The van der Waals surface area contributed by atoms with E-state index in [0.29, 0.717) is 21.6 Å². The molecular weight excluding hydrogens is 512 g/mol. The van der Waals surface area contributed by atoms with Gasteiger partial charge < -0.3 is 15.8 Å². The Kier molecular flexibility index (Phi) is 6.82. The molecule has 0 saturated heterocycles. The normalized spacial score (nSPS) is 10.4. The SMILES string of the molecule is COc1c(Br)cc(Br)c(NC(=O)CSc2ccccc2N)c1Br. The van der Waals surface area contributed by atoms with Crippen LogP contribution in [0.5, 0.6) is 5.75 Å². The van der Waals surface area contributed by atoms with Crippen LogP contribution in [-0.4, -0.2) is 18.8 Å². The number of carbonyl (C=O) groups excluding carboxylic acids is 1. The van der Waals surface area contributed by atoms with Gasteiger partial charge in [-0.25, -0.2) is 0 Å². The molecule has 0 radical (unpaired) electrons. The zero-order valence-corrected chi connectivity index (χ0v) is 17.6. The fourth-order valence-electron chi connectivity index (χ4n) is 1.80. The number of amides is 1. The fourth-order valence-corrected chi connectivity index (χ4v) is 5.22. The molecule has 4 nitrogen and oxygen atoms in total. The Morgan fingerprint density at radius 1 is 1.26 bits per heavy atom. The number of halogens is 3. The molecule has 122 valence electrons. The number of hydrogen-bond acceptors (Lipinski definition) is 4. The predicted molar refractivity (Wildman–Crippen MR) is 106 cm³/mol. The van der Waals surface area contributed by atoms with Gasteiger partial charge in [0.05, 0.1) is 27.5 Å². The van der Waals surface area contributed by atoms with E-state index in [-0.39, 0.29) is 11.7 Å². The van der Waals surface area contributed by atoms with E-state index in [1.165, 1.54) is 11.8 Å². The number of para-hydroxylation sites is 1. The number of nitrogen functional groups attached to an aromatic ring is 1.